The van der Waals surface area contributed by atoms with Crippen LogP contribution in [0.4, 0.5) is 4.79 Å². The highest BCUT2D eigenvalue weighted by Crippen LogP contribution is 2.01. The summed E-state index contributed by atoms with van der Waals surface area (Å²) >= 11 is 5.51. The fraction of sp³-hybridized carbons (Fsp3) is 0.167. The molecule has 0 aliphatic carbocycles. The first-order valence-corrected chi connectivity index (χ1v) is 3.49. The van der Waals surface area contributed by atoms with Gasteiger partial charge in [0.1, 0.15) is 5.15 Å². The second-order valence-electron chi connectivity index (χ2n) is 1.99. The molecule has 1 heterocycles. The highest BCUT2D eigenvalue weighted by atomic mass is 35.5. The molecule has 2 N–H and O–H groups in total. The molecular weight excluding hydrogens is 182 g/mol. The maximum Gasteiger partial charge on any atom is 0.404 e. The third-order valence-corrected chi connectivity index (χ3v) is 1.26. The summed E-state index contributed by atoms with van der Waals surface area (Å²) in [5.41, 5.74) is 0.491. The zero-order valence-electron chi connectivity index (χ0n) is 5.99. The van der Waals surface area contributed by atoms with E-state index in [-0.39, 0.29) is 11.7 Å². The predicted molar refractivity (Wildman–Crippen MR) is 41.9 cm³/mol. The Labute approximate surface area is 73.4 Å². The molecule has 6 heteroatoms. The van der Waals surface area contributed by atoms with Gasteiger partial charge < -0.3 is 10.4 Å². The molecule has 0 atom stereocenters. The maximum absolute atomic E-state index is 10.1. The lowest BCUT2D eigenvalue weighted by atomic mass is 10.4. The number of hydrogen-bond acceptors (Lipinski definition) is 3. The van der Waals surface area contributed by atoms with Gasteiger partial charge in [-0.05, 0) is 0 Å². The molecule has 64 valence electrons. The number of hydrogen-bond donors (Lipinski definition) is 2. The van der Waals surface area contributed by atoms with E-state index in [1.54, 1.807) is 0 Å². The van der Waals surface area contributed by atoms with E-state index in [4.69, 9.17) is 16.7 Å². The van der Waals surface area contributed by atoms with Gasteiger partial charge in [-0.1, -0.05) is 11.6 Å². The first-order valence-electron chi connectivity index (χ1n) is 3.11. The Morgan fingerprint density at radius 1 is 1.67 bits per heavy atom. The molecule has 0 bridgehead atoms. The van der Waals surface area contributed by atoms with Crippen LogP contribution in [-0.4, -0.2) is 21.2 Å². The number of aromatic nitrogens is 2. The number of amides is 1. The Hall–Kier alpha value is -1.36. The van der Waals surface area contributed by atoms with Crippen LogP contribution in [0.25, 0.3) is 0 Å². The molecule has 1 aromatic heterocycles. The van der Waals surface area contributed by atoms with Crippen molar-refractivity contribution in [2.24, 2.45) is 0 Å². The monoisotopic (exact) mass is 187 g/mol. The molecule has 0 spiro atoms. The van der Waals surface area contributed by atoms with Crippen LogP contribution in [0.2, 0.25) is 5.15 Å². The van der Waals surface area contributed by atoms with Crippen LogP contribution in [0.15, 0.2) is 12.4 Å². The fourth-order valence-electron chi connectivity index (χ4n) is 0.631. The average Bonchev–Trinajstić information content (AvgIpc) is 2.01. The Bertz CT molecular complexity index is 292. The van der Waals surface area contributed by atoms with E-state index in [9.17, 15) is 4.79 Å². The normalized spacial score (nSPS) is 9.42. The first-order chi connectivity index (χ1) is 5.68. The summed E-state index contributed by atoms with van der Waals surface area (Å²) in [5.74, 6) is 0. The molecule has 1 amide bonds. The number of rotatable bonds is 2. The first kappa shape index (κ1) is 8.73. The molecule has 1 aromatic rings. The van der Waals surface area contributed by atoms with Crippen molar-refractivity contribution in [1.82, 2.24) is 15.3 Å². The van der Waals surface area contributed by atoms with Gasteiger partial charge in [-0.2, -0.15) is 0 Å². The van der Waals surface area contributed by atoms with Gasteiger partial charge >= 0.3 is 6.09 Å². The van der Waals surface area contributed by atoms with Gasteiger partial charge in [-0.25, -0.2) is 9.78 Å². The van der Waals surface area contributed by atoms with Crippen LogP contribution >= 0.6 is 11.6 Å². The van der Waals surface area contributed by atoms with Crippen molar-refractivity contribution in [3.63, 3.8) is 0 Å². The number of carboxylic acid groups (broad SMARTS) is 1. The second kappa shape index (κ2) is 3.87. The van der Waals surface area contributed by atoms with Crippen molar-refractivity contribution in [3.8, 4) is 0 Å². The average molecular weight is 188 g/mol. The van der Waals surface area contributed by atoms with E-state index in [0.717, 1.165) is 0 Å². The third kappa shape index (κ3) is 2.71. The summed E-state index contributed by atoms with van der Waals surface area (Å²) in [7, 11) is 0. The SMILES string of the molecule is O=C(O)NCc1cncc(Cl)n1. The summed E-state index contributed by atoms with van der Waals surface area (Å²) in [6.07, 6.45) is 1.73. The number of carbonyl (C=O) groups is 1. The summed E-state index contributed by atoms with van der Waals surface area (Å²) in [5, 5.41) is 10.6. The molecule has 0 saturated carbocycles. The van der Waals surface area contributed by atoms with E-state index < -0.39 is 6.09 Å². The van der Waals surface area contributed by atoms with Crippen LogP contribution in [0.3, 0.4) is 0 Å². The maximum atomic E-state index is 10.1. The minimum absolute atomic E-state index is 0.114. The number of halogens is 1. The Kier molecular flexibility index (Phi) is 2.82. The highest BCUT2D eigenvalue weighted by molar-refractivity contribution is 6.29. The van der Waals surface area contributed by atoms with Gasteiger partial charge in [-0.15, -0.1) is 0 Å². The standard InChI is InChI=1S/C6H6ClN3O2/c7-5-3-8-1-4(10-5)2-9-6(11)12/h1,3,9H,2H2,(H,11,12). The quantitative estimate of drug-likeness (QED) is 0.721. The van der Waals surface area contributed by atoms with E-state index in [2.05, 4.69) is 15.3 Å². The van der Waals surface area contributed by atoms with Crippen LogP contribution in [0.1, 0.15) is 5.69 Å². The molecular formula is C6H6ClN3O2. The van der Waals surface area contributed by atoms with Gasteiger partial charge in [0.05, 0.1) is 24.6 Å². The van der Waals surface area contributed by atoms with E-state index in [1.165, 1.54) is 12.4 Å². The lowest BCUT2D eigenvalue weighted by molar-refractivity contribution is 0.194. The minimum atomic E-state index is -1.10. The fourth-order valence-corrected chi connectivity index (χ4v) is 0.796. The van der Waals surface area contributed by atoms with Crippen molar-refractivity contribution in [3.05, 3.63) is 23.2 Å². The van der Waals surface area contributed by atoms with Crippen LogP contribution in [0.5, 0.6) is 0 Å². The van der Waals surface area contributed by atoms with Gasteiger partial charge in [0.2, 0.25) is 0 Å². The van der Waals surface area contributed by atoms with Crippen molar-refractivity contribution in [1.29, 1.82) is 0 Å². The van der Waals surface area contributed by atoms with E-state index in [1.807, 2.05) is 0 Å². The zero-order chi connectivity index (χ0) is 8.97. The molecule has 1 rings (SSSR count). The molecule has 0 fully saturated rings. The van der Waals surface area contributed by atoms with Crippen LogP contribution in [0, 0.1) is 0 Å². The summed E-state index contributed by atoms with van der Waals surface area (Å²) in [6, 6.07) is 0. The lowest BCUT2D eigenvalue weighted by Gasteiger charge is -1.98. The molecule has 5 nitrogen and oxygen atoms in total. The molecule has 0 saturated heterocycles. The largest absolute Gasteiger partial charge is 0.465 e. The topological polar surface area (TPSA) is 75.1 Å². The van der Waals surface area contributed by atoms with E-state index in [0.29, 0.717) is 5.69 Å². The Morgan fingerprint density at radius 3 is 3.00 bits per heavy atom. The summed E-state index contributed by atoms with van der Waals surface area (Å²) < 4.78 is 0. The van der Waals surface area contributed by atoms with Gasteiger partial charge in [0.15, 0.2) is 0 Å². The second-order valence-corrected chi connectivity index (χ2v) is 2.38. The number of nitrogens with one attached hydrogen (secondary N) is 1. The molecule has 0 unspecified atom stereocenters. The van der Waals surface area contributed by atoms with E-state index >= 15 is 0 Å². The number of nitrogens with zero attached hydrogens (tertiary/aromatic N) is 2. The third-order valence-electron chi connectivity index (χ3n) is 1.08. The van der Waals surface area contributed by atoms with Crippen LogP contribution < -0.4 is 5.32 Å². The van der Waals surface area contributed by atoms with Crippen LogP contribution in [-0.2, 0) is 6.54 Å². The van der Waals surface area contributed by atoms with Gasteiger partial charge in [-0.3, -0.25) is 4.98 Å². The molecule has 12 heavy (non-hydrogen) atoms. The van der Waals surface area contributed by atoms with Crippen molar-refractivity contribution in [2.75, 3.05) is 0 Å². The molecule has 0 aliphatic heterocycles. The Morgan fingerprint density at radius 2 is 2.42 bits per heavy atom. The Balaban J connectivity index is 2.57. The van der Waals surface area contributed by atoms with Crippen molar-refractivity contribution < 1.29 is 9.90 Å². The molecule has 0 aromatic carbocycles. The smallest absolute Gasteiger partial charge is 0.404 e. The van der Waals surface area contributed by atoms with Crippen molar-refractivity contribution >= 4 is 17.7 Å². The lowest BCUT2D eigenvalue weighted by Crippen LogP contribution is -2.20. The highest BCUT2D eigenvalue weighted by Gasteiger charge is 1.98. The van der Waals surface area contributed by atoms with Crippen molar-refractivity contribution in [2.45, 2.75) is 6.54 Å². The summed E-state index contributed by atoms with van der Waals surface area (Å²) in [6.45, 7) is 0.114. The van der Waals surface area contributed by atoms with Gasteiger partial charge in [0.25, 0.3) is 0 Å². The predicted octanol–water partition coefficient (Wildman–Crippen LogP) is 0.898. The summed E-state index contributed by atoms with van der Waals surface area (Å²) in [4.78, 5) is 17.6. The zero-order valence-corrected chi connectivity index (χ0v) is 6.75. The minimum Gasteiger partial charge on any atom is -0.465 e. The van der Waals surface area contributed by atoms with Gasteiger partial charge in [0, 0.05) is 0 Å². The molecule has 0 radical (unpaired) electrons. The molecule has 0 aliphatic rings.